The fourth-order valence-corrected chi connectivity index (χ4v) is 3.61. The quantitative estimate of drug-likeness (QED) is 0.583. The number of amides is 1. The van der Waals surface area contributed by atoms with Gasteiger partial charge in [0.1, 0.15) is 5.60 Å². The van der Waals surface area contributed by atoms with Crippen LogP contribution in [0, 0.1) is 5.92 Å². The van der Waals surface area contributed by atoms with E-state index in [1.54, 1.807) is 20.8 Å². The van der Waals surface area contributed by atoms with E-state index in [1.165, 1.54) is 0 Å². The van der Waals surface area contributed by atoms with Crippen molar-refractivity contribution < 1.29 is 23.9 Å². The van der Waals surface area contributed by atoms with Crippen LogP contribution in [0.25, 0.3) is 0 Å². The van der Waals surface area contributed by atoms with Crippen LogP contribution in [-0.2, 0) is 14.0 Å². The van der Waals surface area contributed by atoms with Gasteiger partial charge < -0.3 is 19.6 Å². The Balaban J connectivity index is 5.62. The zero-order valence-electron chi connectivity index (χ0n) is 18.2. The minimum atomic E-state index is -2.21. The van der Waals surface area contributed by atoms with Crippen molar-refractivity contribution in [1.82, 2.24) is 5.32 Å². The first-order chi connectivity index (χ1) is 11.5. The Hall–Kier alpha value is -1.08. The van der Waals surface area contributed by atoms with E-state index in [2.05, 4.69) is 39.2 Å². The van der Waals surface area contributed by atoms with Crippen molar-refractivity contribution in [3.8, 4) is 0 Å². The van der Waals surface area contributed by atoms with Gasteiger partial charge in [0, 0.05) is 0 Å². The Labute approximate surface area is 160 Å². The largest absolute Gasteiger partial charge is 0.481 e. The van der Waals surface area contributed by atoms with Crippen LogP contribution in [-0.4, -0.2) is 43.2 Å². The summed E-state index contributed by atoms with van der Waals surface area (Å²) in [5.41, 5.74) is -0.618. The summed E-state index contributed by atoms with van der Waals surface area (Å²) in [4.78, 5) is 23.8. The van der Waals surface area contributed by atoms with Gasteiger partial charge in [-0.25, -0.2) is 4.79 Å². The van der Waals surface area contributed by atoms with Gasteiger partial charge in [-0.3, -0.25) is 4.79 Å². The van der Waals surface area contributed by atoms with Crippen LogP contribution in [0.15, 0.2) is 0 Å². The molecule has 0 heterocycles. The van der Waals surface area contributed by atoms with Gasteiger partial charge in [-0.1, -0.05) is 41.0 Å². The molecule has 26 heavy (non-hydrogen) atoms. The molecule has 0 aliphatic rings. The number of aliphatic carboxylic acids is 1. The predicted octanol–water partition coefficient (Wildman–Crippen LogP) is 4.79. The molecule has 0 saturated carbocycles. The van der Waals surface area contributed by atoms with Crippen LogP contribution in [0.5, 0.6) is 0 Å². The summed E-state index contributed by atoms with van der Waals surface area (Å²) in [6.45, 7) is 19.9. The Morgan fingerprint density at radius 1 is 1.12 bits per heavy atom. The maximum Gasteiger partial charge on any atom is 0.407 e. The van der Waals surface area contributed by atoms with Crippen LogP contribution in [0.2, 0.25) is 18.1 Å². The predicted molar refractivity (Wildman–Crippen MR) is 107 cm³/mol. The standard InChI is InChI=1S/C19H39NO5Si/c1-11-13(2)16(20-17(23)24-18(3,4)5)14(12-15(21)22)25-26(9,10)19(6,7)8/h13-14,16H,11-12H2,1-10H3,(H,20,23)(H,21,22)/t13-,14-,16-/m0/s1. The van der Waals surface area contributed by atoms with E-state index in [0.29, 0.717) is 0 Å². The molecule has 3 atom stereocenters. The lowest BCUT2D eigenvalue weighted by atomic mass is 9.93. The van der Waals surface area contributed by atoms with Crippen LogP contribution < -0.4 is 5.32 Å². The number of hydrogen-bond acceptors (Lipinski definition) is 4. The molecule has 0 aromatic rings. The molecular weight excluding hydrogens is 350 g/mol. The number of alkyl carbamates (subject to hydrolysis) is 1. The van der Waals surface area contributed by atoms with Crippen molar-refractivity contribution in [2.75, 3.05) is 0 Å². The van der Waals surface area contributed by atoms with Gasteiger partial charge in [-0.05, 0) is 44.8 Å². The Bertz CT molecular complexity index is 479. The van der Waals surface area contributed by atoms with E-state index in [0.717, 1.165) is 6.42 Å². The third-order valence-corrected chi connectivity index (χ3v) is 9.47. The summed E-state index contributed by atoms with van der Waals surface area (Å²) in [5.74, 6) is -0.885. The second-order valence-electron chi connectivity index (χ2n) is 9.57. The van der Waals surface area contributed by atoms with Crippen LogP contribution in [0.1, 0.15) is 68.2 Å². The molecule has 6 nitrogen and oxygen atoms in total. The molecule has 0 rings (SSSR count). The number of rotatable bonds is 8. The molecule has 0 unspecified atom stereocenters. The van der Waals surface area contributed by atoms with Gasteiger partial charge in [0.05, 0.1) is 18.6 Å². The molecule has 0 saturated heterocycles. The van der Waals surface area contributed by atoms with Crippen molar-refractivity contribution in [3.63, 3.8) is 0 Å². The van der Waals surface area contributed by atoms with E-state index < -0.39 is 38.1 Å². The van der Waals surface area contributed by atoms with Crippen molar-refractivity contribution >= 4 is 20.4 Å². The zero-order valence-corrected chi connectivity index (χ0v) is 19.2. The molecule has 1 amide bonds. The molecule has 0 spiro atoms. The van der Waals surface area contributed by atoms with Gasteiger partial charge in [0.2, 0.25) is 0 Å². The topological polar surface area (TPSA) is 84.9 Å². The number of carbonyl (C=O) groups is 2. The number of ether oxygens (including phenoxy) is 1. The fourth-order valence-electron chi connectivity index (χ4n) is 2.27. The smallest absolute Gasteiger partial charge is 0.407 e. The second kappa shape index (κ2) is 9.22. The van der Waals surface area contributed by atoms with Crippen molar-refractivity contribution in [3.05, 3.63) is 0 Å². The first-order valence-electron chi connectivity index (χ1n) is 9.39. The normalized spacial score (nSPS) is 16.5. The number of hydrogen-bond donors (Lipinski definition) is 2. The van der Waals surface area contributed by atoms with Gasteiger partial charge in [0.25, 0.3) is 0 Å². The van der Waals surface area contributed by atoms with Gasteiger partial charge in [-0.15, -0.1) is 0 Å². The fraction of sp³-hybridized carbons (Fsp3) is 0.895. The molecule has 0 aliphatic heterocycles. The number of nitrogens with one attached hydrogen (secondary N) is 1. The highest BCUT2D eigenvalue weighted by Crippen LogP contribution is 2.38. The molecule has 0 radical (unpaired) electrons. The first kappa shape index (κ1) is 24.9. The summed E-state index contributed by atoms with van der Waals surface area (Å²) in [6.07, 6.45) is -0.512. The summed E-state index contributed by atoms with van der Waals surface area (Å²) in [7, 11) is -2.21. The highest BCUT2D eigenvalue weighted by Gasteiger charge is 2.42. The Kier molecular flexibility index (Phi) is 8.83. The highest BCUT2D eigenvalue weighted by atomic mass is 28.4. The average molecular weight is 390 g/mol. The SMILES string of the molecule is CC[C@H](C)[C@H](NC(=O)OC(C)(C)C)[C@H](CC(=O)O)O[Si](C)(C)C(C)(C)C. The lowest BCUT2D eigenvalue weighted by molar-refractivity contribution is -0.139. The molecule has 7 heteroatoms. The Morgan fingerprint density at radius 3 is 1.96 bits per heavy atom. The number of carboxylic acids is 1. The molecule has 0 aliphatic carbocycles. The lowest BCUT2D eigenvalue weighted by Gasteiger charge is -2.42. The molecule has 154 valence electrons. The third kappa shape index (κ3) is 8.53. The molecule has 0 bridgehead atoms. The van der Waals surface area contributed by atoms with Crippen LogP contribution in [0.3, 0.4) is 0 Å². The van der Waals surface area contributed by atoms with E-state index in [1.807, 2.05) is 13.8 Å². The minimum absolute atomic E-state index is 0.0524. The lowest BCUT2D eigenvalue weighted by Crippen LogP contribution is -2.55. The monoisotopic (exact) mass is 389 g/mol. The summed E-state index contributed by atoms with van der Waals surface area (Å²) in [6, 6.07) is -0.430. The van der Waals surface area contributed by atoms with E-state index >= 15 is 0 Å². The number of carboxylic acid groups (broad SMARTS) is 1. The van der Waals surface area contributed by atoms with Crippen molar-refractivity contribution in [1.29, 1.82) is 0 Å². The zero-order chi connectivity index (χ0) is 20.9. The van der Waals surface area contributed by atoms with E-state index in [9.17, 15) is 14.7 Å². The average Bonchev–Trinajstić information content (AvgIpc) is 2.39. The maximum absolute atomic E-state index is 12.3. The van der Waals surface area contributed by atoms with Crippen LogP contribution >= 0.6 is 0 Å². The molecular formula is C19H39NO5Si. The summed E-state index contributed by atoms with van der Waals surface area (Å²) >= 11 is 0. The first-order valence-corrected chi connectivity index (χ1v) is 12.3. The molecule has 2 N–H and O–H groups in total. The van der Waals surface area contributed by atoms with E-state index in [4.69, 9.17) is 9.16 Å². The van der Waals surface area contributed by atoms with Crippen molar-refractivity contribution in [2.45, 2.75) is 104 Å². The van der Waals surface area contributed by atoms with Gasteiger partial charge in [0.15, 0.2) is 8.32 Å². The van der Waals surface area contributed by atoms with Crippen molar-refractivity contribution in [2.24, 2.45) is 5.92 Å². The highest BCUT2D eigenvalue weighted by molar-refractivity contribution is 6.74. The summed E-state index contributed by atoms with van der Waals surface area (Å²) < 4.78 is 11.8. The second-order valence-corrected chi connectivity index (χ2v) is 14.3. The van der Waals surface area contributed by atoms with Crippen LogP contribution in [0.4, 0.5) is 4.79 Å². The third-order valence-electron chi connectivity index (χ3n) is 4.97. The maximum atomic E-state index is 12.3. The number of carbonyl (C=O) groups excluding carboxylic acids is 1. The van der Waals surface area contributed by atoms with E-state index in [-0.39, 0.29) is 17.4 Å². The van der Waals surface area contributed by atoms with Gasteiger partial charge >= 0.3 is 12.1 Å². The van der Waals surface area contributed by atoms with Gasteiger partial charge in [-0.2, -0.15) is 0 Å². The summed E-state index contributed by atoms with van der Waals surface area (Å²) in [5, 5.41) is 12.2. The molecule has 0 aromatic heterocycles. The minimum Gasteiger partial charge on any atom is -0.481 e. The Morgan fingerprint density at radius 2 is 1.62 bits per heavy atom. The molecule has 0 fully saturated rings. The molecule has 0 aromatic carbocycles.